The molecule has 1 fully saturated rings. The first-order valence-corrected chi connectivity index (χ1v) is 5.16. The van der Waals surface area contributed by atoms with E-state index in [1.807, 2.05) is 0 Å². The lowest BCUT2D eigenvalue weighted by Crippen LogP contribution is -2.41. The zero-order chi connectivity index (χ0) is 10.2. The van der Waals surface area contributed by atoms with Crippen LogP contribution in [0.3, 0.4) is 0 Å². The fourth-order valence-electron chi connectivity index (χ4n) is 1.55. The van der Waals surface area contributed by atoms with Crippen molar-refractivity contribution >= 4 is 6.03 Å². The first-order valence-electron chi connectivity index (χ1n) is 5.16. The van der Waals surface area contributed by atoms with E-state index in [1.165, 1.54) is 0 Å². The van der Waals surface area contributed by atoms with Crippen molar-refractivity contribution in [2.75, 3.05) is 32.8 Å². The Kier molecular flexibility index (Phi) is 5.32. The second kappa shape index (κ2) is 6.62. The standard InChI is InChI=1S/C9H19N3O2/c13-6-5-11-9(14)12-7-8-1-3-10-4-2-8/h8,10,13H,1-7H2,(H2,11,12,14). The van der Waals surface area contributed by atoms with Crippen molar-refractivity contribution in [2.45, 2.75) is 12.8 Å². The van der Waals surface area contributed by atoms with Gasteiger partial charge in [-0.05, 0) is 31.8 Å². The van der Waals surface area contributed by atoms with Crippen molar-refractivity contribution in [3.05, 3.63) is 0 Å². The lowest BCUT2D eigenvalue weighted by atomic mass is 9.98. The van der Waals surface area contributed by atoms with Gasteiger partial charge >= 0.3 is 6.03 Å². The van der Waals surface area contributed by atoms with Crippen LogP contribution in [0.4, 0.5) is 4.79 Å². The third-order valence-electron chi connectivity index (χ3n) is 2.41. The lowest BCUT2D eigenvalue weighted by Gasteiger charge is -2.22. The largest absolute Gasteiger partial charge is 0.395 e. The second-order valence-corrected chi connectivity index (χ2v) is 3.55. The number of urea groups is 1. The number of aliphatic hydroxyl groups is 1. The minimum absolute atomic E-state index is 0.0131. The topological polar surface area (TPSA) is 73.4 Å². The molecule has 0 aromatic carbocycles. The molecule has 1 aliphatic rings. The van der Waals surface area contributed by atoms with E-state index in [1.54, 1.807) is 0 Å². The smallest absolute Gasteiger partial charge is 0.314 e. The molecule has 14 heavy (non-hydrogen) atoms. The minimum Gasteiger partial charge on any atom is -0.395 e. The Morgan fingerprint density at radius 2 is 2.07 bits per heavy atom. The van der Waals surface area contributed by atoms with Crippen molar-refractivity contribution in [1.82, 2.24) is 16.0 Å². The van der Waals surface area contributed by atoms with Gasteiger partial charge in [0.25, 0.3) is 0 Å². The number of aliphatic hydroxyl groups excluding tert-OH is 1. The maximum absolute atomic E-state index is 11.1. The van der Waals surface area contributed by atoms with Crippen LogP contribution in [0.15, 0.2) is 0 Å². The molecule has 0 saturated carbocycles. The van der Waals surface area contributed by atoms with Crippen LogP contribution in [0.5, 0.6) is 0 Å². The summed E-state index contributed by atoms with van der Waals surface area (Å²) in [6, 6.07) is -0.183. The minimum atomic E-state index is -0.183. The number of piperidine rings is 1. The maximum atomic E-state index is 11.1. The number of hydrogen-bond acceptors (Lipinski definition) is 3. The Hall–Kier alpha value is -0.810. The molecule has 5 nitrogen and oxygen atoms in total. The molecule has 0 aromatic heterocycles. The number of nitrogens with one attached hydrogen (secondary N) is 3. The summed E-state index contributed by atoms with van der Waals surface area (Å²) in [5, 5.41) is 17.1. The Labute approximate surface area is 84.3 Å². The first kappa shape index (κ1) is 11.3. The van der Waals surface area contributed by atoms with Crippen LogP contribution in [-0.2, 0) is 0 Å². The van der Waals surface area contributed by atoms with Crippen molar-refractivity contribution in [2.24, 2.45) is 5.92 Å². The van der Waals surface area contributed by atoms with Crippen LogP contribution < -0.4 is 16.0 Å². The molecular weight excluding hydrogens is 182 g/mol. The van der Waals surface area contributed by atoms with Crippen molar-refractivity contribution in [1.29, 1.82) is 0 Å². The summed E-state index contributed by atoms with van der Waals surface area (Å²) in [6.07, 6.45) is 2.25. The average Bonchev–Trinajstić information content (AvgIpc) is 2.25. The van der Waals surface area contributed by atoms with E-state index >= 15 is 0 Å². The van der Waals surface area contributed by atoms with Crippen LogP contribution in [0.1, 0.15) is 12.8 Å². The van der Waals surface area contributed by atoms with Gasteiger partial charge in [0.15, 0.2) is 0 Å². The Morgan fingerprint density at radius 3 is 2.71 bits per heavy atom. The van der Waals surface area contributed by atoms with E-state index in [0.29, 0.717) is 12.5 Å². The van der Waals surface area contributed by atoms with Crippen LogP contribution >= 0.6 is 0 Å². The highest BCUT2D eigenvalue weighted by molar-refractivity contribution is 5.73. The molecule has 0 unspecified atom stereocenters. The molecule has 1 aliphatic heterocycles. The molecule has 0 spiro atoms. The van der Waals surface area contributed by atoms with Gasteiger partial charge in [-0.1, -0.05) is 0 Å². The molecule has 4 N–H and O–H groups in total. The summed E-state index contributed by atoms with van der Waals surface area (Å²) < 4.78 is 0. The quantitative estimate of drug-likeness (QED) is 0.485. The van der Waals surface area contributed by atoms with E-state index in [2.05, 4.69) is 16.0 Å². The molecule has 5 heteroatoms. The zero-order valence-electron chi connectivity index (χ0n) is 8.38. The third kappa shape index (κ3) is 4.43. The predicted molar refractivity (Wildman–Crippen MR) is 54.1 cm³/mol. The Morgan fingerprint density at radius 1 is 1.36 bits per heavy atom. The predicted octanol–water partition coefficient (Wildman–Crippen LogP) is -0.722. The van der Waals surface area contributed by atoms with Gasteiger partial charge in [0, 0.05) is 13.1 Å². The molecule has 82 valence electrons. The summed E-state index contributed by atoms with van der Waals surface area (Å²) in [6.45, 7) is 3.13. The summed E-state index contributed by atoms with van der Waals surface area (Å²) >= 11 is 0. The average molecular weight is 201 g/mol. The van der Waals surface area contributed by atoms with Gasteiger partial charge in [0.1, 0.15) is 0 Å². The first-order chi connectivity index (χ1) is 6.83. The summed E-state index contributed by atoms with van der Waals surface area (Å²) in [5.74, 6) is 0.594. The van der Waals surface area contributed by atoms with Gasteiger partial charge in [0.05, 0.1) is 6.61 Å². The normalized spacial score (nSPS) is 17.8. The Balaban J connectivity index is 2.03. The monoisotopic (exact) mass is 201 g/mol. The number of carbonyl (C=O) groups excluding carboxylic acids is 1. The number of carbonyl (C=O) groups is 1. The molecule has 0 aliphatic carbocycles. The van der Waals surface area contributed by atoms with E-state index in [9.17, 15) is 4.79 Å². The van der Waals surface area contributed by atoms with Crippen molar-refractivity contribution in [3.63, 3.8) is 0 Å². The summed E-state index contributed by atoms with van der Waals surface area (Å²) in [5.41, 5.74) is 0. The second-order valence-electron chi connectivity index (χ2n) is 3.55. The van der Waals surface area contributed by atoms with Gasteiger partial charge in [-0.3, -0.25) is 0 Å². The highest BCUT2D eigenvalue weighted by Gasteiger charge is 2.13. The molecule has 0 aromatic rings. The molecule has 0 bridgehead atoms. The van der Waals surface area contributed by atoms with Crippen molar-refractivity contribution < 1.29 is 9.90 Å². The highest BCUT2D eigenvalue weighted by Crippen LogP contribution is 2.09. The fourth-order valence-corrected chi connectivity index (χ4v) is 1.55. The third-order valence-corrected chi connectivity index (χ3v) is 2.41. The molecule has 1 heterocycles. The molecule has 1 rings (SSSR count). The van der Waals surface area contributed by atoms with E-state index < -0.39 is 0 Å². The van der Waals surface area contributed by atoms with E-state index in [0.717, 1.165) is 32.5 Å². The van der Waals surface area contributed by atoms with Crippen LogP contribution in [0.2, 0.25) is 0 Å². The van der Waals surface area contributed by atoms with Gasteiger partial charge in [-0.25, -0.2) is 4.79 Å². The number of hydrogen-bond donors (Lipinski definition) is 4. The van der Waals surface area contributed by atoms with Gasteiger partial charge in [0.2, 0.25) is 0 Å². The summed E-state index contributed by atoms with van der Waals surface area (Å²) in [4.78, 5) is 11.1. The zero-order valence-corrected chi connectivity index (χ0v) is 8.38. The van der Waals surface area contributed by atoms with Gasteiger partial charge < -0.3 is 21.1 Å². The molecule has 1 saturated heterocycles. The van der Waals surface area contributed by atoms with Crippen molar-refractivity contribution in [3.8, 4) is 0 Å². The number of rotatable bonds is 4. The molecular formula is C9H19N3O2. The van der Waals surface area contributed by atoms with Gasteiger partial charge in [-0.2, -0.15) is 0 Å². The van der Waals surface area contributed by atoms with Crippen LogP contribution in [0.25, 0.3) is 0 Å². The van der Waals surface area contributed by atoms with E-state index in [-0.39, 0.29) is 12.6 Å². The van der Waals surface area contributed by atoms with E-state index in [4.69, 9.17) is 5.11 Å². The molecule has 2 amide bonds. The van der Waals surface area contributed by atoms with Crippen LogP contribution in [-0.4, -0.2) is 43.9 Å². The summed E-state index contributed by atoms with van der Waals surface area (Å²) in [7, 11) is 0. The maximum Gasteiger partial charge on any atom is 0.314 e. The van der Waals surface area contributed by atoms with Crippen LogP contribution in [0, 0.1) is 5.92 Å². The Bertz CT molecular complexity index is 169. The number of amides is 2. The lowest BCUT2D eigenvalue weighted by molar-refractivity contribution is 0.230. The fraction of sp³-hybridized carbons (Fsp3) is 0.889. The highest BCUT2D eigenvalue weighted by atomic mass is 16.3. The molecule has 0 radical (unpaired) electrons. The molecule has 0 atom stereocenters. The van der Waals surface area contributed by atoms with Gasteiger partial charge in [-0.15, -0.1) is 0 Å². The SMILES string of the molecule is O=C(NCCO)NCC1CCNCC1.